The van der Waals surface area contributed by atoms with Crippen molar-refractivity contribution in [3.05, 3.63) is 29.8 Å². The fourth-order valence-electron chi connectivity index (χ4n) is 1.67. The summed E-state index contributed by atoms with van der Waals surface area (Å²) in [5.74, 6) is -0.00464. The first-order valence-electron chi connectivity index (χ1n) is 6.59. The van der Waals surface area contributed by atoms with Gasteiger partial charge in [-0.25, -0.2) is 8.42 Å². The zero-order valence-electron chi connectivity index (χ0n) is 12.3. The van der Waals surface area contributed by atoms with Crippen molar-refractivity contribution in [1.29, 1.82) is 0 Å². The molecule has 1 aromatic carbocycles. The van der Waals surface area contributed by atoms with Crippen LogP contribution in [0, 0.1) is 12.8 Å². The highest BCUT2D eigenvalue weighted by atomic mass is 32.2. The lowest BCUT2D eigenvalue weighted by molar-refractivity contribution is -0.122. The van der Waals surface area contributed by atoms with E-state index in [1.165, 1.54) is 13.0 Å². The molecule has 0 aliphatic heterocycles. The van der Waals surface area contributed by atoms with Gasteiger partial charge < -0.3 is 5.32 Å². The van der Waals surface area contributed by atoms with Crippen LogP contribution in [0.5, 0.6) is 0 Å². The Balaban J connectivity index is 2.77. The van der Waals surface area contributed by atoms with Crippen molar-refractivity contribution >= 4 is 15.9 Å². The van der Waals surface area contributed by atoms with Crippen molar-refractivity contribution < 1.29 is 13.2 Å². The molecule has 5 nitrogen and oxygen atoms in total. The first-order chi connectivity index (χ1) is 9.24. The van der Waals surface area contributed by atoms with Crippen LogP contribution in [0.4, 0.5) is 0 Å². The zero-order valence-corrected chi connectivity index (χ0v) is 13.1. The molecule has 0 radical (unpaired) electrons. The number of benzene rings is 1. The lowest BCUT2D eigenvalue weighted by atomic mass is 10.2. The Morgan fingerprint density at radius 1 is 1.20 bits per heavy atom. The smallest absolute Gasteiger partial charge is 0.241 e. The van der Waals surface area contributed by atoms with Crippen molar-refractivity contribution in [2.24, 2.45) is 5.92 Å². The van der Waals surface area contributed by atoms with E-state index in [9.17, 15) is 13.2 Å². The van der Waals surface area contributed by atoms with E-state index in [-0.39, 0.29) is 10.8 Å². The molecule has 112 valence electrons. The number of rotatable bonds is 6. The normalized spacial score (nSPS) is 13.2. The maximum absolute atomic E-state index is 12.2. The van der Waals surface area contributed by atoms with Crippen LogP contribution in [0.1, 0.15) is 26.3 Å². The first kappa shape index (κ1) is 16.7. The van der Waals surface area contributed by atoms with Crippen LogP contribution in [0.3, 0.4) is 0 Å². The number of hydrogen-bond donors (Lipinski definition) is 2. The van der Waals surface area contributed by atoms with Crippen molar-refractivity contribution in [1.82, 2.24) is 10.0 Å². The largest absolute Gasteiger partial charge is 0.354 e. The minimum atomic E-state index is -3.68. The van der Waals surface area contributed by atoms with Crippen LogP contribution in [0.15, 0.2) is 29.2 Å². The summed E-state index contributed by atoms with van der Waals surface area (Å²) >= 11 is 0. The molecular formula is C14H22N2O3S. The molecule has 0 aromatic heterocycles. The van der Waals surface area contributed by atoms with Gasteiger partial charge in [0, 0.05) is 6.54 Å². The van der Waals surface area contributed by atoms with Gasteiger partial charge in [-0.1, -0.05) is 32.0 Å². The monoisotopic (exact) mass is 298 g/mol. The van der Waals surface area contributed by atoms with Gasteiger partial charge in [0.15, 0.2) is 0 Å². The van der Waals surface area contributed by atoms with E-state index in [0.717, 1.165) is 0 Å². The summed E-state index contributed by atoms with van der Waals surface area (Å²) in [7, 11) is -3.68. The van der Waals surface area contributed by atoms with E-state index in [2.05, 4.69) is 10.0 Å². The third kappa shape index (κ3) is 4.61. The van der Waals surface area contributed by atoms with Gasteiger partial charge in [0.1, 0.15) is 0 Å². The van der Waals surface area contributed by atoms with Crippen molar-refractivity contribution in [2.75, 3.05) is 6.54 Å². The molecule has 6 heteroatoms. The Bertz CT molecular complexity index is 568. The summed E-state index contributed by atoms with van der Waals surface area (Å²) < 4.78 is 26.8. The third-order valence-electron chi connectivity index (χ3n) is 2.79. The lowest BCUT2D eigenvalue weighted by Crippen LogP contribution is -2.45. The Morgan fingerprint density at radius 3 is 2.35 bits per heavy atom. The maximum Gasteiger partial charge on any atom is 0.241 e. The molecule has 0 spiro atoms. The van der Waals surface area contributed by atoms with E-state index in [0.29, 0.717) is 18.0 Å². The molecule has 1 atom stereocenters. The fourth-order valence-corrected chi connectivity index (χ4v) is 3.11. The highest BCUT2D eigenvalue weighted by Gasteiger charge is 2.22. The van der Waals surface area contributed by atoms with E-state index in [1.807, 2.05) is 13.8 Å². The number of hydrogen-bond acceptors (Lipinski definition) is 3. The molecule has 2 N–H and O–H groups in total. The molecule has 0 saturated heterocycles. The molecule has 1 unspecified atom stereocenters. The molecule has 0 saturated carbocycles. The first-order valence-corrected chi connectivity index (χ1v) is 8.08. The van der Waals surface area contributed by atoms with Gasteiger partial charge in [0.2, 0.25) is 15.9 Å². The number of amides is 1. The van der Waals surface area contributed by atoms with Gasteiger partial charge in [-0.2, -0.15) is 4.72 Å². The molecule has 1 amide bonds. The summed E-state index contributed by atoms with van der Waals surface area (Å²) in [6.45, 7) is 7.73. The fraction of sp³-hybridized carbons (Fsp3) is 0.500. The van der Waals surface area contributed by atoms with Gasteiger partial charge in [0.25, 0.3) is 0 Å². The standard InChI is InChI=1S/C14H22N2O3S/c1-10(2)9-15-14(17)12(4)16-20(18,19)13-8-6-5-7-11(13)3/h5-8,10,12,16H,9H2,1-4H3,(H,15,17). The van der Waals surface area contributed by atoms with Gasteiger partial charge in [-0.3, -0.25) is 4.79 Å². The second-order valence-electron chi connectivity index (χ2n) is 5.25. The van der Waals surface area contributed by atoms with Crippen LogP contribution >= 0.6 is 0 Å². The number of nitrogens with one attached hydrogen (secondary N) is 2. The number of carbonyl (C=O) groups excluding carboxylic acids is 1. The van der Waals surface area contributed by atoms with Crippen LogP contribution in [0.25, 0.3) is 0 Å². The molecule has 0 heterocycles. The van der Waals surface area contributed by atoms with E-state index in [1.54, 1.807) is 25.1 Å². The molecule has 0 aliphatic rings. The molecule has 0 fully saturated rings. The van der Waals surface area contributed by atoms with Crippen LogP contribution in [-0.2, 0) is 14.8 Å². The highest BCUT2D eigenvalue weighted by molar-refractivity contribution is 7.89. The quantitative estimate of drug-likeness (QED) is 0.834. The number of aryl methyl sites for hydroxylation is 1. The summed E-state index contributed by atoms with van der Waals surface area (Å²) in [4.78, 5) is 12.0. The summed E-state index contributed by atoms with van der Waals surface area (Å²) in [6, 6.07) is 5.87. The zero-order chi connectivity index (χ0) is 15.3. The number of carbonyl (C=O) groups is 1. The average Bonchev–Trinajstić information content (AvgIpc) is 2.35. The van der Waals surface area contributed by atoms with E-state index >= 15 is 0 Å². The molecule has 20 heavy (non-hydrogen) atoms. The van der Waals surface area contributed by atoms with Crippen LogP contribution in [0.2, 0.25) is 0 Å². The second-order valence-corrected chi connectivity index (χ2v) is 6.93. The molecule has 1 rings (SSSR count). The molecule has 0 aliphatic carbocycles. The van der Waals surface area contributed by atoms with Crippen molar-refractivity contribution in [3.63, 3.8) is 0 Å². The van der Waals surface area contributed by atoms with Crippen LogP contribution in [-0.4, -0.2) is 26.9 Å². The minimum absolute atomic E-state index is 0.198. The Kier molecular flexibility index (Phi) is 5.71. The van der Waals surface area contributed by atoms with Crippen molar-refractivity contribution in [2.45, 2.75) is 38.6 Å². The Morgan fingerprint density at radius 2 is 1.80 bits per heavy atom. The van der Waals surface area contributed by atoms with E-state index < -0.39 is 16.1 Å². The topological polar surface area (TPSA) is 75.3 Å². The summed E-state index contributed by atoms with van der Waals surface area (Å²) in [5.41, 5.74) is 0.648. The molecular weight excluding hydrogens is 276 g/mol. The predicted molar refractivity (Wildman–Crippen MR) is 78.8 cm³/mol. The molecule has 1 aromatic rings. The van der Waals surface area contributed by atoms with Crippen molar-refractivity contribution in [3.8, 4) is 0 Å². The second kappa shape index (κ2) is 6.85. The SMILES string of the molecule is Cc1ccccc1S(=O)(=O)NC(C)C(=O)NCC(C)C. The van der Waals surface area contributed by atoms with E-state index in [4.69, 9.17) is 0 Å². The third-order valence-corrected chi connectivity index (χ3v) is 4.49. The van der Waals surface area contributed by atoms with Gasteiger partial charge >= 0.3 is 0 Å². The number of sulfonamides is 1. The van der Waals surface area contributed by atoms with Crippen LogP contribution < -0.4 is 10.0 Å². The minimum Gasteiger partial charge on any atom is -0.354 e. The predicted octanol–water partition coefficient (Wildman–Crippen LogP) is 1.43. The summed E-state index contributed by atoms with van der Waals surface area (Å²) in [5, 5.41) is 2.70. The molecule has 0 bridgehead atoms. The van der Waals surface area contributed by atoms with Gasteiger partial charge in [-0.15, -0.1) is 0 Å². The maximum atomic E-state index is 12.2. The Labute approximate surface area is 120 Å². The van der Waals surface area contributed by atoms with Gasteiger partial charge in [-0.05, 0) is 31.4 Å². The lowest BCUT2D eigenvalue weighted by Gasteiger charge is -2.16. The Hall–Kier alpha value is -1.40. The summed E-state index contributed by atoms with van der Waals surface area (Å²) in [6.07, 6.45) is 0. The van der Waals surface area contributed by atoms with Gasteiger partial charge in [0.05, 0.1) is 10.9 Å². The highest BCUT2D eigenvalue weighted by Crippen LogP contribution is 2.14. The average molecular weight is 298 g/mol.